The average molecular weight is 416 g/mol. The Hall–Kier alpha value is -2.24. The molecule has 2 heterocycles. The number of pyridine rings is 1. The van der Waals surface area contributed by atoms with Gasteiger partial charge in [0.15, 0.2) is 5.78 Å². The molecular weight excluding hydrogens is 386 g/mol. The van der Waals surface area contributed by atoms with Gasteiger partial charge in [-0.3, -0.25) is 9.59 Å². The number of hydrogen-bond acceptors (Lipinski definition) is 4. The molecule has 1 aliphatic heterocycles. The maximum Gasteiger partial charge on any atom is 0.269 e. The van der Waals surface area contributed by atoms with Crippen molar-refractivity contribution in [2.75, 3.05) is 20.1 Å². The number of rotatable bonds is 8. The predicted octanol–water partition coefficient (Wildman–Crippen LogP) is 3.81. The Balaban J connectivity index is 0.00000300. The molecule has 0 bridgehead atoms. The molecule has 2 N–H and O–H groups in total. The third-order valence-corrected chi connectivity index (χ3v) is 5.30. The van der Waals surface area contributed by atoms with Crippen LogP contribution in [0.3, 0.4) is 0 Å². The van der Waals surface area contributed by atoms with Crippen molar-refractivity contribution < 1.29 is 9.59 Å². The zero-order valence-corrected chi connectivity index (χ0v) is 17.8. The van der Waals surface area contributed by atoms with Gasteiger partial charge in [0.2, 0.25) is 0 Å². The summed E-state index contributed by atoms with van der Waals surface area (Å²) < 4.78 is 0. The summed E-state index contributed by atoms with van der Waals surface area (Å²) in [6, 6.07) is 13.4. The van der Waals surface area contributed by atoms with E-state index in [1.807, 2.05) is 36.4 Å². The summed E-state index contributed by atoms with van der Waals surface area (Å²) in [5.74, 6) is 0.497. The van der Waals surface area contributed by atoms with Crippen molar-refractivity contribution in [1.29, 1.82) is 0 Å². The number of hydrogen-bond donors (Lipinski definition) is 2. The highest BCUT2D eigenvalue weighted by molar-refractivity contribution is 5.99. The van der Waals surface area contributed by atoms with Crippen LogP contribution in [-0.2, 0) is 6.42 Å². The summed E-state index contributed by atoms with van der Waals surface area (Å²) in [6.45, 7) is 2.17. The zero-order chi connectivity index (χ0) is 19.8. The van der Waals surface area contributed by atoms with Gasteiger partial charge in [0.25, 0.3) is 5.91 Å². The lowest BCUT2D eigenvalue weighted by atomic mass is 9.92. The van der Waals surface area contributed by atoms with Gasteiger partial charge in [0, 0.05) is 31.1 Å². The molecule has 0 spiro atoms. The van der Waals surface area contributed by atoms with Crippen molar-refractivity contribution >= 4 is 24.1 Å². The first-order chi connectivity index (χ1) is 13.7. The molecule has 5 nitrogen and oxygen atoms in total. The molecule has 156 valence electrons. The van der Waals surface area contributed by atoms with E-state index in [0.717, 1.165) is 37.2 Å². The van der Waals surface area contributed by atoms with Crippen molar-refractivity contribution in [2.45, 2.75) is 38.5 Å². The number of amides is 1. The van der Waals surface area contributed by atoms with Crippen molar-refractivity contribution in [3.05, 3.63) is 65.0 Å². The third-order valence-electron chi connectivity index (χ3n) is 5.30. The van der Waals surface area contributed by atoms with Crippen LogP contribution in [0.5, 0.6) is 0 Å². The number of halogens is 1. The fourth-order valence-corrected chi connectivity index (χ4v) is 3.75. The Morgan fingerprint density at radius 3 is 2.69 bits per heavy atom. The van der Waals surface area contributed by atoms with Gasteiger partial charge in [0.1, 0.15) is 5.69 Å². The molecule has 1 aliphatic rings. The van der Waals surface area contributed by atoms with Gasteiger partial charge in [0.05, 0.1) is 0 Å². The SMILES string of the molecule is CNC(=O)c1cc(C(=O)CCCC2CCCNC2)cc(Cc2ccccc2)n1.Cl. The predicted molar refractivity (Wildman–Crippen MR) is 118 cm³/mol. The summed E-state index contributed by atoms with van der Waals surface area (Å²) in [5, 5.41) is 6.03. The number of carbonyl (C=O) groups excluding carboxylic acids is 2. The number of aromatic nitrogens is 1. The maximum absolute atomic E-state index is 12.8. The smallest absolute Gasteiger partial charge is 0.269 e. The Labute approximate surface area is 179 Å². The van der Waals surface area contributed by atoms with Gasteiger partial charge in [-0.15, -0.1) is 12.4 Å². The monoisotopic (exact) mass is 415 g/mol. The van der Waals surface area contributed by atoms with Gasteiger partial charge in [-0.2, -0.15) is 0 Å². The molecule has 1 atom stereocenters. The Morgan fingerprint density at radius 1 is 1.21 bits per heavy atom. The molecule has 1 fully saturated rings. The van der Waals surface area contributed by atoms with Crippen LogP contribution in [0.4, 0.5) is 0 Å². The molecule has 0 saturated carbocycles. The van der Waals surface area contributed by atoms with E-state index >= 15 is 0 Å². The topological polar surface area (TPSA) is 71.1 Å². The highest BCUT2D eigenvalue weighted by atomic mass is 35.5. The maximum atomic E-state index is 12.8. The molecule has 2 aromatic rings. The van der Waals surface area contributed by atoms with Crippen molar-refractivity contribution in [3.63, 3.8) is 0 Å². The molecule has 0 radical (unpaired) electrons. The summed E-state index contributed by atoms with van der Waals surface area (Å²) in [6.07, 6.45) is 5.54. The number of piperidine rings is 1. The molecular formula is C23H30ClN3O2. The molecule has 6 heteroatoms. The van der Waals surface area contributed by atoms with Gasteiger partial charge in [-0.05, 0) is 62.4 Å². The second kappa shape index (κ2) is 11.7. The van der Waals surface area contributed by atoms with Crippen LogP contribution >= 0.6 is 12.4 Å². The van der Waals surface area contributed by atoms with Crippen molar-refractivity contribution in [1.82, 2.24) is 15.6 Å². The van der Waals surface area contributed by atoms with Crippen LogP contribution < -0.4 is 10.6 Å². The largest absolute Gasteiger partial charge is 0.354 e. The average Bonchev–Trinajstić information content (AvgIpc) is 2.74. The molecule has 1 unspecified atom stereocenters. The Bertz CT molecular complexity index is 805. The van der Waals surface area contributed by atoms with Crippen LogP contribution in [0.25, 0.3) is 0 Å². The molecule has 3 rings (SSSR count). The van der Waals surface area contributed by atoms with Crippen molar-refractivity contribution in [2.24, 2.45) is 5.92 Å². The number of Topliss-reactive ketones (excluding diaryl/α,β-unsaturated/α-hetero) is 1. The van der Waals surface area contributed by atoms with E-state index in [1.165, 1.54) is 12.8 Å². The second-order valence-corrected chi connectivity index (χ2v) is 7.50. The number of nitrogens with one attached hydrogen (secondary N) is 2. The number of carbonyl (C=O) groups is 2. The van der Waals surface area contributed by atoms with Crippen LogP contribution in [0, 0.1) is 5.92 Å². The minimum Gasteiger partial charge on any atom is -0.354 e. The lowest BCUT2D eigenvalue weighted by Crippen LogP contribution is -2.29. The minimum absolute atomic E-state index is 0. The minimum atomic E-state index is -0.266. The summed E-state index contributed by atoms with van der Waals surface area (Å²) in [5.41, 5.74) is 2.73. The lowest BCUT2D eigenvalue weighted by Gasteiger charge is -2.22. The van der Waals surface area contributed by atoms with Crippen LogP contribution in [0.1, 0.15) is 64.2 Å². The van der Waals surface area contributed by atoms with Gasteiger partial charge in [-0.1, -0.05) is 30.3 Å². The van der Waals surface area contributed by atoms with Crippen molar-refractivity contribution in [3.8, 4) is 0 Å². The van der Waals surface area contributed by atoms with E-state index in [2.05, 4.69) is 15.6 Å². The molecule has 0 aliphatic carbocycles. The van der Waals surface area contributed by atoms with Gasteiger partial charge in [-0.25, -0.2) is 4.98 Å². The summed E-state index contributed by atoms with van der Waals surface area (Å²) in [7, 11) is 1.58. The Kier molecular flexibility index (Phi) is 9.29. The fraction of sp³-hybridized carbons (Fsp3) is 0.435. The van der Waals surface area contributed by atoms with E-state index < -0.39 is 0 Å². The molecule has 1 aromatic heterocycles. The highest BCUT2D eigenvalue weighted by Crippen LogP contribution is 2.19. The number of benzene rings is 1. The lowest BCUT2D eigenvalue weighted by molar-refractivity contribution is 0.0958. The molecule has 1 saturated heterocycles. The Morgan fingerprint density at radius 2 is 2.00 bits per heavy atom. The number of ketones is 1. The molecule has 1 amide bonds. The highest BCUT2D eigenvalue weighted by Gasteiger charge is 2.16. The van der Waals surface area contributed by atoms with E-state index in [1.54, 1.807) is 13.1 Å². The van der Waals surface area contributed by atoms with E-state index in [0.29, 0.717) is 30.0 Å². The normalized spacial score (nSPS) is 16.0. The van der Waals surface area contributed by atoms with E-state index in [9.17, 15) is 9.59 Å². The zero-order valence-electron chi connectivity index (χ0n) is 16.9. The molecule has 29 heavy (non-hydrogen) atoms. The second-order valence-electron chi connectivity index (χ2n) is 7.50. The van der Waals surface area contributed by atoms with Crippen LogP contribution in [-0.4, -0.2) is 36.8 Å². The van der Waals surface area contributed by atoms with Gasteiger partial charge < -0.3 is 10.6 Å². The van der Waals surface area contributed by atoms with E-state index in [-0.39, 0.29) is 24.1 Å². The number of nitrogens with zero attached hydrogens (tertiary/aromatic N) is 1. The van der Waals surface area contributed by atoms with Crippen LogP contribution in [0.15, 0.2) is 42.5 Å². The fourth-order valence-electron chi connectivity index (χ4n) is 3.75. The first-order valence-corrected chi connectivity index (χ1v) is 10.2. The first kappa shape index (κ1) is 23.0. The van der Waals surface area contributed by atoms with E-state index in [4.69, 9.17) is 0 Å². The summed E-state index contributed by atoms with van der Waals surface area (Å²) >= 11 is 0. The first-order valence-electron chi connectivity index (χ1n) is 10.2. The standard InChI is InChI=1S/C23H29N3O2.ClH/c1-24-23(28)21-15-19(14-20(26-21)13-17-7-3-2-4-8-17)22(27)11-5-9-18-10-6-12-25-16-18;/h2-4,7-8,14-15,18,25H,5-6,9-13,16H2,1H3,(H,24,28);1H. The van der Waals surface area contributed by atoms with Crippen LogP contribution in [0.2, 0.25) is 0 Å². The van der Waals surface area contributed by atoms with Gasteiger partial charge >= 0.3 is 0 Å². The quantitative estimate of drug-likeness (QED) is 0.643. The molecule has 1 aromatic carbocycles. The third kappa shape index (κ3) is 6.94. The summed E-state index contributed by atoms with van der Waals surface area (Å²) in [4.78, 5) is 29.4.